The normalized spacial score (nSPS) is 8.92. The number of nitriles is 1. The highest BCUT2D eigenvalue weighted by molar-refractivity contribution is 5.93. The molecule has 0 unspecified atom stereocenters. The van der Waals surface area contributed by atoms with Crippen molar-refractivity contribution in [1.29, 1.82) is 5.26 Å². The van der Waals surface area contributed by atoms with Crippen LogP contribution in [-0.4, -0.2) is 11.0 Å². The number of phenolic OH excluding ortho intramolecular Hbond substituents is 1. The number of hydrogen-bond acceptors (Lipinski definition) is 3. The summed E-state index contributed by atoms with van der Waals surface area (Å²) in [6, 6.07) is 5.60. The Balaban J connectivity index is 3.25. The first-order valence-corrected chi connectivity index (χ1v) is 3.18. The van der Waals surface area contributed by atoms with Crippen molar-refractivity contribution in [3.8, 4) is 11.8 Å². The molecule has 1 rings (SSSR count). The lowest BCUT2D eigenvalue weighted by Crippen LogP contribution is -2.10. The number of aromatic hydroxyl groups is 1. The average molecular weight is 162 g/mol. The van der Waals surface area contributed by atoms with E-state index in [9.17, 15) is 4.79 Å². The number of nitrogens with zero attached hydrogens (tertiary/aromatic N) is 1. The van der Waals surface area contributed by atoms with E-state index in [1.54, 1.807) is 6.07 Å². The zero-order chi connectivity index (χ0) is 9.14. The number of hydrogen-bond donors (Lipinski definition) is 2. The minimum atomic E-state index is -0.619. The van der Waals surface area contributed by atoms with Gasteiger partial charge in [0.25, 0.3) is 0 Å². The minimum Gasteiger partial charge on any atom is -0.507 e. The largest absolute Gasteiger partial charge is 0.507 e. The highest BCUT2D eigenvalue weighted by atomic mass is 16.3. The third kappa shape index (κ3) is 1.35. The fourth-order valence-electron chi connectivity index (χ4n) is 0.779. The van der Waals surface area contributed by atoms with Gasteiger partial charge in [0.05, 0.1) is 5.56 Å². The molecule has 60 valence electrons. The smallest absolute Gasteiger partial charge is 0.248 e. The van der Waals surface area contributed by atoms with Crippen LogP contribution in [-0.2, 0) is 0 Å². The quantitative estimate of drug-likeness (QED) is 0.625. The topological polar surface area (TPSA) is 87.1 Å². The van der Waals surface area contributed by atoms with E-state index in [0.29, 0.717) is 0 Å². The molecule has 0 aliphatic carbocycles. The van der Waals surface area contributed by atoms with Crippen LogP contribution in [0.5, 0.6) is 5.75 Å². The first kappa shape index (κ1) is 8.08. The van der Waals surface area contributed by atoms with Gasteiger partial charge in [-0.1, -0.05) is 0 Å². The second kappa shape index (κ2) is 2.93. The molecule has 0 aliphatic rings. The molecule has 0 radical (unpaired) electrons. The molecule has 0 heterocycles. The van der Waals surface area contributed by atoms with E-state index in [2.05, 4.69) is 0 Å². The summed E-state index contributed by atoms with van der Waals surface area (Å²) >= 11 is 0. The number of carbonyl (C=O) groups excluding carboxylic acids is 1. The van der Waals surface area contributed by atoms with Gasteiger partial charge in [-0.25, -0.2) is 0 Å². The monoisotopic (exact) mass is 162 g/mol. The van der Waals surface area contributed by atoms with Crippen LogP contribution in [0, 0.1) is 11.3 Å². The molecule has 0 aromatic heterocycles. The molecule has 12 heavy (non-hydrogen) atoms. The third-order valence-corrected chi connectivity index (χ3v) is 1.40. The zero-order valence-corrected chi connectivity index (χ0v) is 6.11. The number of primary amides is 1. The van der Waals surface area contributed by atoms with Crippen molar-refractivity contribution >= 4 is 5.91 Å². The molecule has 1 amide bonds. The second-order valence-electron chi connectivity index (χ2n) is 2.21. The number of benzene rings is 1. The van der Waals surface area contributed by atoms with Crippen LogP contribution in [0.15, 0.2) is 18.2 Å². The van der Waals surface area contributed by atoms with E-state index in [4.69, 9.17) is 16.1 Å². The first-order valence-electron chi connectivity index (χ1n) is 3.18. The Morgan fingerprint density at radius 2 is 2.25 bits per heavy atom. The molecule has 0 bridgehead atoms. The van der Waals surface area contributed by atoms with Crippen molar-refractivity contribution in [2.24, 2.45) is 5.73 Å². The number of rotatable bonds is 1. The molecule has 0 atom stereocenters. The lowest BCUT2D eigenvalue weighted by molar-refractivity contribution is 0.100. The summed E-state index contributed by atoms with van der Waals surface area (Å²) in [5.74, 6) is -0.769. The molecule has 3 N–H and O–H groups in total. The van der Waals surface area contributed by atoms with E-state index < -0.39 is 5.91 Å². The van der Waals surface area contributed by atoms with Gasteiger partial charge < -0.3 is 10.8 Å². The van der Waals surface area contributed by atoms with E-state index in [1.165, 1.54) is 18.2 Å². The fraction of sp³-hybridized carbons (Fsp3) is 0. The molecule has 0 saturated heterocycles. The van der Waals surface area contributed by atoms with Gasteiger partial charge in [-0.15, -0.1) is 0 Å². The number of phenols is 1. The molecular formula is C8H6N2O2. The number of carbonyl (C=O) groups is 1. The summed E-state index contributed by atoms with van der Waals surface area (Å²) in [7, 11) is 0. The Labute approximate surface area is 68.8 Å². The molecule has 0 saturated carbocycles. The minimum absolute atomic E-state index is 0.0475. The Bertz CT molecular complexity index is 366. The van der Waals surface area contributed by atoms with Crippen LogP contribution in [0.4, 0.5) is 0 Å². The Kier molecular flexibility index (Phi) is 1.97. The maximum atomic E-state index is 10.6. The summed E-state index contributed by atoms with van der Waals surface area (Å²) < 4.78 is 0. The molecular weight excluding hydrogens is 156 g/mol. The molecule has 1 aromatic rings. The molecule has 0 fully saturated rings. The lowest BCUT2D eigenvalue weighted by Gasteiger charge is -1.97. The van der Waals surface area contributed by atoms with Crippen LogP contribution in [0.25, 0.3) is 0 Å². The Morgan fingerprint density at radius 1 is 1.58 bits per heavy atom. The van der Waals surface area contributed by atoms with Gasteiger partial charge in [-0.3, -0.25) is 4.79 Å². The molecule has 0 aliphatic heterocycles. The average Bonchev–Trinajstić information content (AvgIpc) is 2.05. The molecule has 1 aromatic carbocycles. The highest BCUT2D eigenvalue weighted by Gasteiger charge is 2.04. The summed E-state index contributed by atoms with van der Waals surface area (Å²) in [5, 5.41) is 17.5. The van der Waals surface area contributed by atoms with E-state index in [1.807, 2.05) is 0 Å². The standard InChI is InChI=1S/C8H6N2O2/c9-4-6-3-5(8(10)12)1-2-7(6)11/h1-3,11H,(H2,10,12). The highest BCUT2D eigenvalue weighted by Crippen LogP contribution is 2.16. The van der Waals surface area contributed by atoms with Crippen LogP contribution in [0.1, 0.15) is 15.9 Å². The SMILES string of the molecule is N#Cc1cc(C(N)=O)ccc1O. The van der Waals surface area contributed by atoms with Gasteiger partial charge in [0, 0.05) is 5.56 Å². The molecule has 4 heteroatoms. The maximum absolute atomic E-state index is 10.6. The van der Waals surface area contributed by atoms with Crippen molar-refractivity contribution in [3.05, 3.63) is 29.3 Å². The van der Waals surface area contributed by atoms with Crippen LogP contribution >= 0.6 is 0 Å². The van der Waals surface area contributed by atoms with Gasteiger partial charge in [-0.2, -0.15) is 5.26 Å². The maximum Gasteiger partial charge on any atom is 0.248 e. The summed E-state index contributed by atoms with van der Waals surface area (Å²) in [5.41, 5.74) is 5.22. The zero-order valence-electron chi connectivity index (χ0n) is 6.11. The first-order chi connectivity index (χ1) is 5.65. The van der Waals surface area contributed by atoms with E-state index in [0.717, 1.165) is 0 Å². The van der Waals surface area contributed by atoms with Crippen LogP contribution in [0.3, 0.4) is 0 Å². The number of nitrogens with two attached hydrogens (primary N) is 1. The summed E-state index contributed by atoms with van der Waals surface area (Å²) in [4.78, 5) is 10.6. The predicted molar refractivity (Wildman–Crippen MR) is 41.3 cm³/mol. The third-order valence-electron chi connectivity index (χ3n) is 1.40. The lowest BCUT2D eigenvalue weighted by atomic mass is 10.1. The van der Waals surface area contributed by atoms with Gasteiger partial charge in [0.2, 0.25) is 5.91 Å². The van der Waals surface area contributed by atoms with Gasteiger partial charge >= 0.3 is 0 Å². The van der Waals surface area contributed by atoms with Crippen LogP contribution < -0.4 is 5.73 Å². The summed E-state index contributed by atoms with van der Waals surface area (Å²) in [6.07, 6.45) is 0. The summed E-state index contributed by atoms with van der Waals surface area (Å²) in [6.45, 7) is 0. The Hall–Kier alpha value is -2.02. The molecule has 4 nitrogen and oxygen atoms in total. The molecule has 0 spiro atoms. The van der Waals surface area contributed by atoms with Crippen molar-refractivity contribution in [2.75, 3.05) is 0 Å². The van der Waals surface area contributed by atoms with E-state index >= 15 is 0 Å². The van der Waals surface area contributed by atoms with Gasteiger partial charge in [0.15, 0.2) is 0 Å². The second-order valence-corrected chi connectivity index (χ2v) is 2.21. The van der Waals surface area contributed by atoms with Crippen molar-refractivity contribution in [3.63, 3.8) is 0 Å². The van der Waals surface area contributed by atoms with Crippen molar-refractivity contribution in [1.82, 2.24) is 0 Å². The Morgan fingerprint density at radius 3 is 2.75 bits per heavy atom. The fourth-order valence-corrected chi connectivity index (χ4v) is 0.779. The predicted octanol–water partition coefficient (Wildman–Crippen LogP) is 0.363. The van der Waals surface area contributed by atoms with E-state index in [-0.39, 0.29) is 16.9 Å². The van der Waals surface area contributed by atoms with Crippen molar-refractivity contribution < 1.29 is 9.90 Å². The van der Waals surface area contributed by atoms with Crippen molar-refractivity contribution in [2.45, 2.75) is 0 Å². The van der Waals surface area contributed by atoms with Crippen LogP contribution in [0.2, 0.25) is 0 Å². The van der Waals surface area contributed by atoms with Gasteiger partial charge in [-0.05, 0) is 18.2 Å². The van der Waals surface area contributed by atoms with Gasteiger partial charge in [0.1, 0.15) is 11.8 Å². The number of amides is 1.